The van der Waals surface area contributed by atoms with E-state index in [0.717, 1.165) is 16.8 Å². The highest BCUT2D eigenvalue weighted by Crippen LogP contribution is 2.26. The number of aromatic nitrogens is 1. The van der Waals surface area contributed by atoms with Crippen LogP contribution >= 0.6 is 11.3 Å². The quantitative estimate of drug-likeness (QED) is 0.779. The van der Waals surface area contributed by atoms with Gasteiger partial charge in [0.25, 0.3) is 0 Å². The van der Waals surface area contributed by atoms with E-state index in [0.29, 0.717) is 10.8 Å². The maximum absolute atomic E-state index is 12.6. The van der Waals surface area contributed by atoms with Gasteiger partial charge in [-0.1, -0.05) is 65.8 Å². The Morgan fingerprint density at radius 1 is 1.04 bits per heavy atom. The molecule has 1 amide bonds. The van der Waals surface area contributed by atoms with Gasteiger partial charge in [-0.05, 0) is 0 Å². The molecule has 1 aliphatic rings. The lowest BCUT2D eigenvalue weighted by atomic mass is 9.97. The Kier molecular flexibility index (Phi) is 4.26. The Labute approximate surface area is 149 Å². The molecule has 3 aromatic rings. The topological polar surface area (TPSA) is 63.6 Å². The van der Waals surface area contributed by atoms with Gasteiger partial charge in [0.15, 0.2) is 5.13 Å². The van der Waals surface area contributed by atoms with E-state index < -0.39 is 5.92 Å². The molecule has 1 atom stereocenters. The van der Waals surface area contributed by atoms with Crippen LogP contribution in [0, 0.1) is 5.92 Å². The number of rotatable bonds is 4. The molecule has 1 N–H and O–H groups in total. The first-order valence-corrected chi connectivity index (χ1v) is 8.76. The standard InChI is InChI=1S/C19H15N3O2S/c23-18(15-11-24-22-17(15)14-9-5-2-6-10-14)21-19-20-16(12-25-19)13-7-3-1-4-8-13/h1-10,12,15H,11H2,(H,20,21,23)/t15-/m1/s1. The van der Waals surface area contributed by atoms with Crippen LogP contribution < -0.4 is 5.32 Å². The summed E-state index contributed by atoms with van der Waals surface area (Å²) < 4.78 is 0. The molecule has 0 saturated carbocycles. The maximum atomic E-state index is 12.6. The summed E-state index contributed by atoms with van der Waals surface area (Å²) in [5.41, 5.74) is 3.41. The van der Waals surface area contributed by atoms with Crippen LogP contribution in [0.5, 0.6) is 0 Å². The molecule has 1 aliphatic heterocycles. The van der Waals surface area contributed by atoms with Crippen molar-refractivity contribution in [2.75, 3.05) is 11.9 Å². The van der Waals surface area contributed by atoms with Gasteiger partial charge in [0.05, 0.1) is 5.69 Å². The minimum atomic E-state index is -0.438. The Hall–Kier alpha value is -2.99. The van der Waals surface area contributed by atoms with Crippen molar-refractivity contribution in [2.45, 2.75) is 0 Å². The molecule has 25 heavy (non-hydrogen) atoms. The van der Waals surface area contributed by atoms with Crippen molar-refractivity contribution < 1.29 is 9.63 Å². The monoisotopic (exact) mass is 349 g/mol. The average molecular weight is 349 g/mol. The smallest absolute Gasteiger partial charge is 0.239 e. The number of amides is 1. The second-order valence-electron chi connectivity index (χ2n) is 5.58. The summed E-state index contributed by atoms with van der Waals surface area (Å²) in [6, 6.07) is 19.5. The molecule has 0 bridgehead atoms. The van der Waals surface area contributed by atoms with Crippen LogP contribution in [0.2, 0.25) is 0 Å². The largest absolute Gasteiger partial charge is 0.394 e. The molecule has 2 heterocycles. The van der Waals surface area contributed by atoms with Crippen molar-refractivity contribution in [3.05, 3.63) is 71.6 Å². The highest BCUT2D eigenvalue weighted by atomic mass is 32.1. The molecular formula is C19H15N3O2S. The van der Waals surface area contributed by atoms with Gasteiger partial charge in [-0.25, -0.2) is 4.98 Å². The minimum Gasteiger partial charge on any atom is -0.394 e. The van der Waals surface area contributed by atoms with Gasteiger partial charge in [0.2, 0.25) is 5.91 Å². The zero-order chi connectivity index (χ0) is 17.1. The fourth-order valence-electron chi connectivity index (χ4n) is 2.65. The number of hydrogen-bond donors (Lipinski definition) is 1. The molecule has 124 valence electrons. The fraction of sp³-hybridized carbons (Fsp3) is 0.105. The van der Waals surface area contributed by atoms with Crippen molar-refractivity contribution >= 4 is 28.1 Å². The minimum absolute atomic E-state index is 0.158. The third-order valence-electron chi connectivity index (χ3n) is 3.92. The summed E-state index contributed by atoms with van der Waals surface area (Å²) in [5.74, 6) is -0.597. The van der Waals surface area contributed by atoms with E-state index in [-0.39, 0.29) is 12.5 Å². The van der Waals surface area contributed by atoms with Crippen LogP contribution in [0.4, 0.5) is 5.13 Å². The summed E-state index contributed by atoms with van der Waals surface area (Å²) in [4.78, 5) is 22.3. The van der Waals surface area contributed by atoms with E-state index in [4.69, 9.17) is 4.84 Å². The lowest BCUT2D eigenvalue weighted by Gasteiger charge is -2.09. The molecule has 2 aromatic carbocycles. The number of nitrogens with zero attached hydrogens (tertiary/aromatic N) is 2. The lowest BCUT2D eigenvalue weighted by Crippen LogP contribution is -2.30. The number of benzene rings is 2. The number of carbonyl (C=O) groups excluding carboxylic acids is 1. The Morgan fingerprint density at radius 2 is 1.72 bits per heavy atom. The van der Waals surface area contributed by atoms with Crippen LogP contribution in [0.1, 0.15) is 5.56 Å². The van der Waals surface area contributed by atoms with Gasteiger partial charge in [-0.15, -0.1) is 11.3 Å². The van der Waals surface area contributed by atoms with Crippen LogP contribution in [0.3, 0.4) is 0 Å². The molecule has 0 radical (unpaired) electrons. The molecule has 6 heteroatoms. The molecule has 4 rings (SSSR count). The second kappa shape index (κ2) is 6.86. The van der Waals surface area contributed by atoms with Crippen molar-refractivity contribution in [3.63, 3.8) is 0 Å². The first kappa shape index (κ1) is 15.5. The zero-order valence-electron chi connectivity index (χ0n) is 13.3. The summed E-state index contributed by atoms with van der Waals surface area (Å²) in [6.45, 7) is 0.243. The number of thiazole rings is 1. The summed E-state index contributed by atoms with van der Waals surface area (Å²) in [7, 11) is 0. The van der Waals surface area contributed by atoms with Crippen molar-refractivity contribution in [1.29, 1.82) is 0 Å². The van der Waals surface area contributed by atoms with Crippen molar-refractivity contribution in [1.82, 2.24) is 4.98 Å². The van der Waals surface area contributed by atoms with Gasteiger partial charge in [0.1, 0.15) is 18.2 Å². The molecule has 0 saturated heterocycles. The molecule has 0 spiro atoms. The maximum Gasteiger partial charge on any atom is 0.239 e. The molecular weight excluding hydrogens is 334 g/mol. The number of oxime groups is 1. The number of carbonyl (C=O) groups is 1. The van der Waals surface area contributed by atoms with Crippen molar-refractivity contribution in [3.8, 4) is 11.3 Å². The van der Waals surface area contributed by atoms with Gasteiger partial charge >= 0.3 is 0 Å². The number of hydrogen-bond acceptors (Lipinski definition) is 5. The van der Waals surface area contributed by atoms with E-state index in [1.54, 1.807) is 0 Å². The summed E-state index contributed by atoms with van der Waals surface area (Å²) in [6.07, 6.45) is 0. The van der Waals surface area contributed by atoms with Crippen LogP contribution in [0.15, 0.2) is 71.2 Å². The van der Waals surface area contributed by atoms with E-state index >= 15 is 0 Å². The third-order valence-corrected chi connectivity index (χ3v) is 4.68. The Bertz CT molecular complexity index is 907. The van der Waals surface area contributed by atoms with Gasteiger partial charge in [-0.3, -0.25) is 4.79 Å². The van der Waals surface area contributed by atoms with Gasteiger partial charge in [-0.2, -0.15) is 0 Å². The first-order valence-electron chi connectivity index (χ1n) is 7.88. The summed E-state index contributed by atoms with van der Waals surface area (Å²) in [5, 5.41) is 9.43. The predicted octanol–water partition coefficient (Wildman–Crippen LogP) is 3.80. The van der Waals surface area contributed by atoms with E-state index in [9.17, 15) is 4.79 Å². The normalized spacial score (nSPS) is 16.2. The van der Waals surface area contributed by atoms with E-state index in [1.807, 2.05) is 66.0 Å². The highest BCUT2D eigenvalue weighted by Gasteiger charge is 2.32. The Morgan fingerprint density at radius 3 is 2.44 bits per heavy atom. The van der Waals surface area contributed by atoms with E-state index in [1.165, 1.54) is 11.3 Å². The average Bonchev–Trinajstić information content (AvgIpc) is 3.33. The molecule has 5 nitrogen and oxygen atoms in total. The number of nitrogens with one attached hydrogen (secondary N) is 1. The van der Waals surface area contributed by atoms with Gasteiger partial charge < -0.3 is 10.2 Å². The molecule has 0 fully saturated rings. The van der Waals surface area contributed by atoms with Crippen molar-refractivity contribution in [2.24, 2.45) is 11.1 Å². The van der Waals surface area contributed by atoms with Crippen LogP contribution in [-0.4, -0.2) is 23.2 Å². The van der Waals surface area contributed by atoms with E-state index in [2.05, 4.69) is 15.5 Å². The molecule has 0 unspecified atom stereocenters. The predicted molar refractivity (Wildman–Crippen MR) is 98.6 cm³/mol. The lowest BCUT2D eigenvalue weighted by molar-refractivity contribution is -0.118. The molecule has 1 aromatic heterocycles. The van der Waals surface area contributed by atoms with Crippen LogP contribution in [-0.2, 0) is 9.63 Å². The fourth-order valence-corrected chi connectivity index (χ4v) is 3.37. The molecule has 0 aliphatic carbocycles. The van der Waals surface area contributed by atoms with Gasteiger partial charge in [0, 0.05) is 16.5 Å². The Balaban J connectivity index is 1.49. The number of anilines is 1. The second-order valence-corrected chi connectivity index (χ2v) is 6.44. The SMILES string of the molecule is O=C(Nc1nc(-c2ccccc2)cs1)[C@@H]1CON=C1c1ccccc1. The summed E-state index contributed by atoms with van der Waals surface area (Å²) >= 11 is 1.40. The highest BCUT2D eigenvalue weighted by molar-refractivity contribution is 7.14. The third kappa shape index (κ3) is 3.29. The zero-order valence-corrected chi connectivity index (χ0v) is 14.1. The first-order chi connectivity index (χ1) is 12.3. The van der Waals surface area contributed by atoms with Crippen LogP contribution in [0.25, 0.3) is 11.3 Å².